The topological polar surface area (TPSA) is 105 Å². The SMILES string of the molecule is O=C(COc1ccccc1)N[C@H]1C(=O)N2C(C(=O)OC(c3ccccc3)c3ccccc3)=C(CO)CS[C@@H]12. The third kappa shape index (κ3) is 5.29. The predicted octanol–water partition coefficient (Wildman–Crippen LogP) is 3.04. The number of amides is 2. The zero-order valence-corrected chi connectivity index (χ0v) is 21.2. The Morgan fingerprint density at radius 3 is 2.11 bits per heavy atom. The minimum Gasteiger partial charge on any atom is -0.484 e. The highest BCUT2D eigenvalue weighted by Gasteiger charge is 2.54. The van der Waals surface area contributed by atoms with E-state index in [2.05, 4.69) is 5.32 Å². The fourth-order valence-electron chi connectivity index (χ4n) is 4.42. The molecular formula is C29H26N2O6S. The monoisotopic (exact) mass is 530 g/mol. The molecule has 0 saturated carbocycles. The third-order valence-electron chi connectivity index (χ3n) is 6.29. The number of aliphatic hydroxyl groups excluding tert-OH is 1. The van der Waals surface area contributed by atoms with Gasteiger partial charge in [0.05, 0.1) is 6.61 Å². The van der Waals surface area contributed by atoms with Crippen molar-refractivity contribution in [2.24, 2.45) is 0 Å². The first-order valence-electron chi connectivity index (χ1n) is 12.1. The van der Waals surface area contributed by atoms with E-state index in [4.69, 9.17) is 9.47 Å². The summed E-state index contributed by atoms with van der Waals surface area (Å²) in [5.41, 5.74) is 1.99. The van der Waals surface area contributed by atoms with Gasteiger partial charge in [0.2, 0.25) is 0 Å². The molecule has 3 aromatic rings. The smallest absolute Gasteiger partial charge is 0.356 e. The Morgan fingerprint density at radius 2 is 1.53 bits per heavy atom. The van der Waals surface area contributed by atoms with Gasteiger partial charge in [0, 0.05) is 5.75 Å². The number of para-hydroxylation sites is 1. The van der Waals surface area contributed by atoms with E-state index in [0.717, 1.165) is 11.1 Å². The van der Waals surface area contributed by atoms with Crippen molar-refractivity contribution in [1.29, 1.82) is 0 Å². The van der Waals surface area contributed by atoms with Gasteiger partial charge < -0.3 is 19.9 Å². The number of rotatable bonds is 9. The number of hydrogen-bond donors (Lipinski definition) is 2. The number of β-lactam (4-membered cyclic amide) rings is 1. The van der Waals surface area contributed by atoms with Crippen molar-refractivity contribution in [1.82, 2.24) is 10.2 Å². The van der Waals surface area contributed by atoms with Gasteiger partial charge in [-0.1, -0.05) is 78.9 Å². The highest BCUT2D eigenvalue weighted by Crippen LogP contribution is 2.41. The fourth-order valence-corrected chi connectivity index (χ4v) is 5.76. The summed E-state index contributed by atoms with van der Waals surface area (Å²) in [5, 5.41) is 12.2. The molecular weight excluding hydrogens is 504 g/mol. The van der Waals surface area contributed by atoms with Crippen LogP contribution in [0.2, 0.25) is 0 Å². The van der Waals surface area contributed by atoms with Crippen molar-refractivity contribution in [3.8, 4) is 5.75 Å². The number of aliphatic hydroxyl groups is 1. The van der Waals surface area contributed by atoms with Gasteiger partial charge in [-0.15, -0.1) is 11.8 Å². The van der Waals surface area contributed by atoms with E-state index in [1.165, 1.54) is 16.7 Å². The van der Waals surface area contributed by atoms with Crippen molar-refractivity contribution >= 4 is 29.5 Å². The van der Waals surface area contributed by atoms with Crippen LogP contribution in [0.25, 0.3) is 0 Å². The molecule has 0 radical (unpaired) electrons. The Bertz CT molecular complexity index is 1290. The van der Waals surface area contributed by atoms with Gasteiger partial charge in [0.25, 0.3) is 11.8 Å². The first-order chi connectivity index (χ1) is 18.6. The van der Waals surface area contributed by atoms with Crippen LogP contribution in [0.1, 0.15) is 17.2 Å². The maximum Gasteiger partial charge on any atom is 0.356 e. The van der Waals surface area contributed by atoms with E-state index in [0.29, 0.717) is 17.1 Å². The molecule has 2 amide bonds. The Kier molecular flexibility index (Phi) is 7.76. The molecule has 2 aliphatic heterocycles. The van der Waals surface area contributed by atoms with E-state index in [1.807, 2.05) is 66.7 Å². The second-order valence-corrected chi connectivity index (χ2v) is 9.88. The van der Waals surface area contributed by atoms with E-state index < -0.39 is 41.9 Å². The lowest BCUT2D eigenvalue weighted by Crippen LogP contribution is -2.71. The Morgan fingerprint density at radius 1 is 0.947 bits per heavy atom. The molecule has 38 heavy (non-hydrogen) atoms. The fraction of sp³-hybridized carbons (Fsp3) is 0.207. The normalized spacial score (nSPS) is 18.5. The maximum absolute atomic E-state index is 13.5. The van der Waals surface area contributed by atoms with Crippen LogP contribution in [-0.2, 0) is 19.1 Å². The lowest BCUT2D eigenvalue weighted by Gasteiger charge is -2.49. The average Bonchev–Trinajstić information content (AvgIpc) is 2.98. The highest BCUT2D eigenvalue weighted by atomic mass is 32.2. The first-order valence-corrected chi connectivity index (χ1v) is 13.2. The van der Waals surface area contributed by atoms with Crippen LogP contribution in [0.3, 0.4) is 0 Å². The molecule has 1 fully saturated rings. The summed E-state index contributed by atoms with van der Waals surface area (Å²) >= 11 is 1.37. The molecule has 0 aliphatic carbocycles. The van der Waals surface area contributed by atoms with Crippen LogP contribution in [0, 0.1) is 0 Å². The van der Waals surface area contributed by atoms with Gasteiger partial charge in [-0.2, -0.15) is 0 Å². The number of hydrogen-bond acceptors (Lipinski definition) is 7. The number of nitrogens with one attached hydrogen (secondary N) is 1. The quantitative estimate of drug-likeness (QED) is 0.324. The molecule has 5 rings (SSSR count). The second kappa shape index (κ2) is 11.5. The van der Waals surface area contributed by atoms with Gasteiger partial charge in [-0.05, 0) is 28.8 Å². The predicted molar refractivity (Wildman–Crippen MR) is 142 cm³/mol. The van der Waals surface area contributed by atoms with Crippen LogP contribution >= 0.6 is 11.8 Å². The number of fused-ring (bicyclic) bond motifs is 1. The number of esters is 1. The Hall–Kier alpha value is -4.08. The summed E-state index contributed by atoms with van der Waals surface area (Å²) in [6.07, 6.45) is -0.701. The third-order valence-corrected chi connectivity index (χ3v) is 7.63. The number of benzene rings is 3. The molecule has 194 valence electrons. The Labute approximate surface area is 224 Å². The number of thioether (sulfide) groups is 1. The van der Waals surface area contributed by atoms with E-state index in [-0.39, 0.29) is 12.3 Å². The zero-order chi connectivity index (χ0) is 26.5. The summed E-state index contributed by atoms with van der Waals surface area (Å²) in [7, 11) is 0. The van der Waals surface area contributed by atoms with E-state index in [1.54, 1.807) is 24.3 Å². The summed E-state index contributed by atoms with van der Waals surface area (Å²) < 4.78 is 11.5. The largest absolute Gasteiger partial charge is 0.484 e. The van der Waals surface area contributed by atoms with E-state index in [9.17, 15) is 19.5 Å². The van der Waals surface area contributed by atoms with Crippen LogP contribution in [0.5, 0.6) is 5.75 Å². The summed E-state index contributed by atoms with van der Waals surface area (Å²) in [6, 6.07) is 26.7. The van der Waals surface area contributed by atoms with Crippen molar-refractivity contribution in [3.05, 3.63) is 113 Å². The number of carbonyl (C=O) groups is 3. The number of nitrogens with zero attached hydrogens (tertiary/aromatic N) is 1. The molecule has 9 heteroatoms. The molecule has 1 saturated heterocycles. The molecule has 0 bridgehead atoms. The molecule has 2 heterocycles. The Balaban J connectivity index is 1.31. The van der Waals surface area contributed by atoms with Gasteiger partial charge in [0.15, 0.2) is 12.7 Å². The van der Waals surface area contributed by atoms with Crippen LogP contribution in [-0.4, -0.2) is 58.2 Å². The molecule has 2 N–H and O–H groups in total. The number of carbonyl (C=O) groups excluding carboxylic acids is 3. The summed E-state index contributed by atoms with van der Waals surface area (Å²) in [5.74, 6) is -0.722. The summed E-state index contributed by atoms with van der Waals surface area (Å²) in [6.45, 7) is -0.634. The minimum absolute atomic E-state index is 0.0316. The lowest BCUT2D eigenvalue weighted by atomic mass is 10.0. The highest BCUT2D eigenvalue weighted by molar-refractivity contribution is 8.00. The minimum atomic E-state index is -0.811. The van der Waals surface area contributed by atoms with Crippen LogP contribution in [0.15, 0.2) is 102 Å². The van der Waals surface area contributed by atoms with Crippen molar-refractivity contribution in [2.45, 2.75) is 17.5 Å². The molecule has 0 aromatic heterocycles. The zero-order valence-electron chi connectivity index (χ0n) is 20.4. The lowest BCUT2D eigenvalue weighted by molar-refractivity contribution is -0.155. The maximum atomic E-state index is 13.5. The number of ether oxygens (including phenoxy) is 2. The van der Waals surface area contributed by atoms with Crippen molar-refractivity contribution in [3.63, 3.8) is 0 Å². The standard InChI is InChI=1S/C29H26N2O6S/c32-16-21-18-38-28-24(30-23(33)17-36-22-14-8-3-9-15-22)27(34)31(28)25(21)29(35)37-26(19-10-4-1-5-11-19)20-12-6-2-7-13-20/h1-15,24,26,28,32H,16-18H2,(H,30,33)/t24-,28-/m0/s1. The molecule has 3 aromatic carbocycles. The van der Waals surface area contributed by atoms with Gasteiger partial charge in [-0.3, -0.25) is 14.5 Å². The summed E-state index contributed by atoms with van der Waals surface area (Å²) in [4.78, 5) is 40.5. The van der Waals surface area contributed by atoms with Gasteiger partial charge >= 0.3 is 5.97 Å². The molecule has 2 atom stereocenters. The average molecular weight is 531 g/mol. The first kappa shape index (κ1) is 25.6. The van der Waals surface area contributed by atoms with Gasteiger partial charge in [-0.25, -0.2) is 4.79 Å². The second-order valence-electron chi connectivity index (χ2n) is 8.77. The van der Waals surface area contributed by atoms with Crippen LogP contribution in [0.4, 0.5) is 0 Å². The molecule has 0 unspecified atom stereocenters. The van der Waals surface area contributed by atoms with Crippen molar-refractivity contribution < 1.29 is 29.0 Å². The molecule has 2 aliphatic rings. The van der Waals surface area contributed by atoms with Gasteiger partial charge in [0.1, 0.15) is 22.9 Å². The van der Waals surface area contributed by atoms with Crippen molar-refractivity contribution in [2.75, 3.05) is 19.0 Å². The molecule has 8 nitrogen and oxygen atoms in total. The van der Waals surface area contributed by atoms with E-state index >= 15 is 0 Å². The molecule has 0 spiro atoms. The van der Waals surface area contributed by atoms with Crippen LogP contribution < -0.4 is 10.1 Å².